The van der Waals surface area contributed by atoms with E-state index in [4.69, 9.17) is 0 Å². The monoisotopic (exact) mass is 1470 g/mol. The number of ether oxygens (including phenoxy) is 2. The third-order valence-corrected chi connectivity index (χ3v) is 18.7. The number of rotatable bonds is 26. The number of alkyl carbamates (subject to hydrolysis) is 2. The van der Waals surface area contributed by atoms with Crippen LogP contribution in [0.2, 0.25) is 0 Å². The molecule has 0 spiro atoms. The number of methoxy groups -OCH3 is 2. The molecule has 4 aliphatic rings. The molecule has 32 nitrogen and oxygen atoms in total. The number of nitrogens with zero attached hydrogens (tertiary/aromatic N) is 6. The highest BCUT2D eigenvalue weighted by atomic mass is 16.5. The van der Waals surface area contributed by atoms with Crippen LogP contribution in [-0.2, 0) is 57.4 Å². The summed E-state index contributed by atoms with van der Waals surface area (Å²) in [6.07, 6.45) is 6.04. The van der Waals surface area contributed by atoms with Gasteiger partial charge in [0.05, 0.1) is 19.8 Å². The SMILES string of the molecule is CCC(=O)N[C@H](C(=O)N1CCC[C@H]1C(=O)Nc1ccc(C(=O)Nc2ccc(NC(=O)[C@@H]3CCCN3C(=O)[C@@H](NC(=O)OC)C(C)C)cc2)cc1)C(C)C.CCC(=O)N[C@H](C(=O)N1CCC[C@H]1C(=O)Nc1ncc(C(=O)Nc2ccc(NC(=O)[C@@H]3CCCN3C(=O)[C@@H](NC(=O)OC)C(C)C)cc2)cn1)C(C)C. The fraction of sp³-hybridized carbons (Fsp3) is 0.514. The molecule has 1 aromatic heterocycles. The number of amides is 14. The van der Waals surface area contributed by atoms with E-state index in [9.17, 15) is 67.1 Å². The molecule has 0 unspecified atom stereocenters. The molecule has 8 rings (SSSR count). The highest BCUT2D eigenvalue weighted by Gasteiger charge is 2.43. The molecule has 0 saturated carbocycles. The number of likely N-dealkylation sites (tertiary alicyclic amines) is 4. The number of hydrogen-bond acceptors (Lipinski definition) is 18. The quantitative estimate of drug-likeness (QED) is 0.0332. The molecule has 14 amide bonds. The number of benzene rings is 3. The van der Waals surface area contributed by atoms with Crippen LogP contribution in [0.4, 0.5) is 44.0 Å². The maximum Gasteiger partial charge on any atom is 0.407 e. The van der Waals surface area contributed by atoms with Gasteiger partial charge in [0.2, 0.25) is 65.0 Å². The molecule has 3 aromatic carbocycles. The van der Waals surface area contributed by atoms with Crippen LogP contribution in [0.15, 0.2) is 85.2 Å². The lowest BCUT2D eigenvalue weighted by Gasteiger charge is -2.30. The molecule has 4 fully saturated rings. The Morgan fingerprint density at radius 3 is 0.896 bits per heavy atom. The van der Waals surface area contributed by atoms with E-state index in [1.165, 1.54) is 46.2 Å². The number of hydrogen-bond donors (Lipinski definition) is 10. The Balaban J connectivity index is 0.000000296. The van der Waals surface area contributed by atoms with Gasteiger partial charge in [-0.05, 0) is 148 Å². The number of anilines is 6. The first-order chi connectivity index (χ1) is 50.5. The van der Waals surface area contributed by atoms with Crippen molar-refractivity contribution < 1.29 is 76.6 Å². The number of nitrogens with one attached hydrogen (secondary N) is 10. The first-order valence-electron chi connectivity index (χ1n) is 36.0. The zero-order valence-electron chi connectivity index (χ0n) is 62.1. The van der Waals surface area contributed by atoms with Crippen LogP contribution < -0.4 is 53.2 Å². The molecule has 10 N–H and O–H groups in total. The Bertz CT molecular complexity index is 3570. The van der Waals surface area contributed by atoms with Crippen LogP contribution in [0.3, 0.4) is 0 Å². The van der Waals surface area contributed by atoms with E-state index < -0.39 is 72.3 Å². The summed E-state index contributed by atoms with van der Waals surface area (Å²) in [5.74, 6) is -4.99. The lowest BCUT2D eigenvalue weighted by molar-refractivity contribution is -0.141. The summed E-state index contributed by atoms with van der Waals surface area (Å²) in [4.78, 5) is 194. The largest absolute Gasteiger partial charge is 0.453 e. The smallest absolute Gasteiger partial charge is 0.407 e. The summed E-state index contributed by atoms with van der Waals surface area (Å²) in [7, 11) is 2.44. The van der Waals surface area contributed by atoms with Gasteiger partial charge in [-0.15, -0.1) is 0 Å². The van der Waals surface area contributed by atoms with Gasteiger partial charge in [0.25, 0.3) is 11.8 Å². The van der Waals surface area contributed by atoms with Crippen LogP contribution in [0.5, 0.6) is 0 Å². The summed E-state index contributed by atoms with van der Waals surface area (Å²) in [5, 5.41) is 27.3. The minimum atomic E-state index is -0.843. The van der Waals surface area contributed by atoms with Crippen LogP contribution in [0.25, 0.3) is 0 Å². The van der Waals surface area contributed by atoms with Crippen molar-refractivity contribution in [2.45, 2.75) is 182 Å². The summed E-state index contributed by atoms with van der Waals surface area (Å²) >= 11 is 0. The predicted molar refractivity (Wildman–Crippen MR) is 393 cm³/mol. The van der Waals surface area contributed by atoms with Crippen LogP contribution in [-0.4, -0.2) is 201 Å². The topological polar surface area (TPSA) is 416 Å². The molecule has 572 valence electrons. The summed E-state index contributed by atoms with van der Waals surface area (Å²) in [5.41, 5.74) is 2.78. The van der Waals surface area contributed by atoms with Crippen LogP contribution in [0, 0.1) is 23.7 Å². The average Bonchev–Trinajstić information content (AvgIpc) is 1.64. The van der Waals surface area contributed by atoms with Crippen molar-refractivity contribution in [2.75, 3.05) is 72.3 Å². The Kier molecular flexibility index (Phi) is 29.9. The van der Waals surface area contributed by atoms with Crippen molar-refractivity contribution in [3.05, 3.63) is 96.3 Å². The molecule has 32 heteroatoms. The normalized spacial score (nSPS) is 17.9. The zero-order valence-corrected chi connectivity index (χ0v) is 62.1. The van der Waals surface area contributed by atoms with Gasteiger partial charge in [0.1, 0.15) is 48.3 Å². The van der Waals surface area contributed by atoms with Gasteiger partial charge in [-0.3, -0.25) is 62.9 Å². The Hall–Kier alpha value is -11.1. The Morgan fingerprint density at radius 1 is 0.368 bits per heavy atom. The van der Waals surface area contributed by atoms with Crippen LogP contribution in [0.1, 0.15) is 154 Å². The fourth-order valence-electron chi connectivity index (χ4n) is 12.7. The second kappa shape index (κ2) is 38.6. The fourth-order valence-corrected chi connectivity index (χ4v) is 12.7. The molecule has 0 radical (unpaired) electrons. The average molecular weight is 1470 g/mol. The number of carbonyl (C=O) groups is 14. The molecule has 8 atom stereocenters. The van der Waals surface area contributed by atoms with Crippen molar-refractivity contribution in [2.24, 2.45) is 23.7 Å². The summed E-state index contributed by atoms with van der Waals surface area (Å²) in [6, 6.07) is 13.3. The first-order valence-corrected chi connectivity index (χ1v) is 36.0. The zero-order chi connectivity index (χ0) is 77.6. The van der Waals surface area contributed by atoms with E-state index in [0.717, 1.165) is 0 Å². The van der Waals surface area contributed by atoms with Crippen molar-refractivity contribution in [1.29, 1.82) is 0 Å². The third-order valence-electron chi connectivity index (χ3n) is 18.7. The Morgan fingerprint density at radius 2 is 0.623 bits per heavy atom. The molecule has 0 aliphatic carbocycles. The van der Waals surface area contributed by atoms with Gasteiger partial charge >= 0.3 is 12.2 Å². The second-order valence-electron chi connectivity index (χ2n) is 27.7. The lowest BCUT2D eigenvalue weighted by atomic mass is 10.0. The minimum absolute atomic E-state index is 0.0346. The third kappa shape index (κ3) is 22.0. The van der Waals surface area contributed by atoms with E-state index in [2.05, 4.69) is 72.6 Å². The van der Waals surface area contributed by atoms with E-state index in [1.54, 1.807) is 114 Å². The standard InChI is InChI=1S/C38H51N7O8.C36H49N9O8/c1-7-30(46)42-31(22(2)3)36(50)44-20-8-10-28(44)34(48)40-25-14-12-24(13-15-25)33(47)39-26-16-18-27(19-17-26)41-35(49)29-11-9-21-45(29)37(51)32(23(4)5)43-38(52)53-6;1-7-27(46)41-28(20(2)3)33(50)45-17-9-11-26(45)32(49)43-35-37-18-22(19-38-35)30(47)39-23-12-14-24(15-13-23)40-31(48)25-10-8-16-44(25)34(51)29(21(4)5)42-36(52)53-6/h12-19,22-23,28-29,31-32H,7-11,20-21H2,1-6H3,(H,39,47)(H,40,48)(H,41,49)(H,42,46)(H,43,52);12-15,18-21,25-26,28-29H,7-11,16-17H2,1-6H3,(H,39,47)(H,40,48)(H,41,46)(H,42,52)(H,37,38,43,49)/t28-,29-,31-,32-;25-,26-,28-,29-/m00/s1. The van der Waals surface area contributed by atoms with Gasteiger partial charge < -0.3 is 76.9 Å². The van der Waals surface area contributed by atoms with Crippen molar-refractivity contribution in [3.63, 3.8) is 0 Å². The molecule has 4 saturated heterocycles. The molecule has 4 aliphatic heterocycles. The highest BCUT2D eigenvalue weighted by Crippen LogP contribution is 2.28. The summed E-state index contributed by atoms with van der Waals surface area (Å²) < 4.78 is 9.31. The van der Waals surface area contributed by atoms with Crippen LogP contribution >= 0.6 is 0 Å². The molecular formula is C74H100N16O16. The summed E-state index contributed by atoms with van der Waals surface area (Å²) in [6.45, 7) is 19.6. The molecule has 0 bridgehead atoms. The van der Waals surface area contributed by atoms with E-state index >= 15 is 0 Å². The number of aromatic nitrogens is 2. The number of carbonyl (C=O) groups excluding carboxylic acids is 14. The van der Waals surface area contributed by atoms with E-state index in [0.29, 0.717) is 112 Å². The molecule has 4 aromatic rings. The predicted octanol–water partition coefficient (Wildman–Crippen LogP) is 6.25. The lowest BCUT2D eigenvalue weighted by Crippen LogP contribution is -2.54. The van der Waals surface area contributed by atoms with Gasteiger partial charge in [-0.1, -0.05) is 69.2 Å². The first kappa shape index (κ1) is 82.2. The van der Waals surface area contributed by atoms with Crippen molar-refractivity contribution in [3.8, 4) is 0 Å². The molecule has 106 heavy (non-hydrogen) atoms. The van der Waals surface area contributed by atoms with Gasteiger partial charge in [0.15, 0.2) is 0 Å². The van der Waals surface area contributed by atoms with Crippen molar-refractivity contribution in [1.82, 2.24) is 50.8 Å². The van der Waals surface area contributed by atoms with E-state index in [1.807, 2.05) is 27.7 Å². The Labute approximate surface area is 616 Å². The van der Waals surface area contributed by atoms with Gasteiger partial charge in [-0.25, -0.2) is 19.6 Å². The molecular weight excluding hydrogens is 1370 g/mol. The maximum atomic E-state index is 13.3. The van der Waals surface area contributed by atoms with Gasteiger partial charge in [0, 0.05) is 85.4 Å². The van der Waals surface area contributed by atoms with Crippen molar-refractivity contribution >= 4 is 117 Å². The molecule has 5 heterocycles. The minimum Gasteiger partial charge on any atom is -0.453 e. The highest BCUT2D eigenvalue weighted by molar-refractivity contribution is 6.07. The second-order valence-corrected chi connectivity index (χ2v) is 27.7. The van der Waals surface area contributed by atoms with Gasteiger partial charge in [-0.2, -0.15) is 0 Å². The maximum absolute atomic E-state index is 13.3. The van der Waals surface area contributed by atoms with E-state index in [-0.39, 0.29) is 107 Å².